The zero-order chi connectivity index (χ0) is 11.7. The Morgan fingerprint density at radius 1 is 1.00 bits per heavy atom. The summed E-state index contributed by atoms with van der Waals surface area (Å²) in [7, 11) is 0. The molecule has 2 bridgehead atoms. The van der Waals surface area contributed by atoms with Crippen LogP contribution in [0.15, 0.2) is 0 Å². The van der Waals surface area contributed by atoms with Gasteiger partial charge in [-0.3, -0.25) is 0 Å². The molecule has 4 fully saturated rings. The number of fused-ring (bicyclic) bond motifs is 3. The summed E-state index contributed by atoms with van der Waals surface area (Å²) in [5.41, 5.74) is 5.92. The molecule has 3 unspecified atom stereocenters. The molecule has 0 aromatic rings. The van der Waals surface area contributed by atoms with Gasteiger partial charge in [-0.15, -0.1) is 0 Å². The van der Waals surface area contributed by atoms with E-state index in [0.717, 1.165) is 24.4 Å². The van der Waals surface area contributed by atoms with E-state index in [2.05, 4.69) is 10.2 Å². The molecule has 3 saturated heterocycles. The third-order valence-electron chi connectivity index (χ3n) is 5.30. The molecule has 0 radical (unpaired) electrons. The quantitative estimate of drug-likeness (QED) is 0.775. The van der Waals surface area contributed by atoms with E-state index in [1.165, 1.54) is 58.2 Å². The number of rotatable bonds is 3. The first-order chi connectivity index (χ1) is 8.36. The van der Waals surface area contributed by atoms with E-state index in [0.29, 0.717) is 6.04 Å². The van der Waals surface area contributed by atoms with Crippen molar-refractivity contribution in [3.8, 4) is 0 Å². The molecule has 0 aromatic carbocycles. The van der Waals surface area contributed by atoms with Crippen LogP contribution in [-0.4, -0.2) is 43.2 Å². The van der Waals surface area contributed by atoms with Crippen molar-refractivity contribution in [2.24, 2.45) is 17.6 Å². The fraction of sp³-hybridized carbons (Fsp3) is 1.00. The van der Waals surface area contributed by atoms with Crippen LogP contribution in [0, 0.1) is 11.8 Å². The number of nitrogens with zero attached hydrogens (tertiary/aromatic N) is 1. The molecular formula is C14H27N3. The summed E-state index contributed by atoms with van der Waals surface area (Å²) in [6, 6.07) is 1.47. The summed E-state index contributed by atoms with van der Waals surface area (Å²) in [4.78, 5) is 2.64. The van der Waals surface area contributed by atoms with Crippen LogP contribution in [0.4, 0.5) is 0 Å². The Bertz CT molecular complexity index is 243. The minimum atomic E-state index is 0.708. The zero-order valence-corrected chi connectivity index (χ0v) is 10.9. The van der Waals surface area contributed by atoms with Crippen LogP contribution >= 0.6 is 0 Å². The van der Waals surface area contributed by atoms with Crippen molar-refractivity contribution in [2.45, 2.75) is 50.6 Å². The maximum absolute atomic E-state index is 5.92. The largest absolute Gasteiger partial charge is 0.330 e. The molecular weight excluding hydrogens is 210 g/mol. The van der Waals surface area contributed by atoms with Crippen LogP contribution in [0.25, 0.3) is 0 Å². The predicted molar refractivity (Wildman–Crippen MR) is 70.9 cm³/mol. The standard InChI is InChI=1S/C14H27N3/c15-9-12-3-1-2-4-13(12)16-14-10-17-7-5-11(14)6-8-17/h11-14,16H,1-10,15H2. The molecule has 3 heterocycles. The first-order valence-corrected chi connectivity index (χ1v) is 7.55. The number of piperidine rings is 3. The van der Waals surface area contributed by atoms with Crippen LogP contribution in [-0.2, 0) is 0 Å². The maximum atomic E-state index is 5.92. The van der Waals surface area contributed by atoms with Crippen molar-refractivity contribution in [1.82, 2.24) is 10.2 Å². The van der Waals surface area contributed by atoms with Crippen LogP contribution < -0.4 is 11.1 Å². The second kappa shape index (κ2) is 5.25. The minimum Gasteiger partial charge on any atom is -0.330 e. The Morgan fingerprint density at radius 3 is 2.41 bits per heavy atom. The highest BCUT2D eigenvalue weighted by atomic mass is 15.2. The van der Waals surface area contributed by atoms with E-state index in [1.54, 1.807) is 0 Å². The Labute approximate surface area is 105 Å². The summed E-state index contributed by atoms with van der Waals surface area (Å²) < 4.78 is 0. The summed E-state index contributed by atoms with van der Waals surface area (Å²) in [6.07, 6.45) is 8.31. The smallest absolute Gasteiger partial charge is 0.0226 e. The van der Waals surface area contributed by atoms with Crippen molar-refractivity contribution >= 4 is 0 Å². The lowest BCUT2D eigenvalue weighted by molar-refractivity contribution is 0.0585. The molecule has 0 spiro atoms. The minimum absolute atomic E-state index is 0.708. The molecule has 3 atom stereocenters. The van der Waals surface area contributed by atoms with E-state index in [9.17, 15) is 0 Å². The van der Waals surface area contributed by atoms with E-state index in [-0.39, 0.29) is 0 Å². The molecule has 17 heavy (non-hydrogen) atoms. The molecule has 98 valence electrons. The molecule has 1 saturated carbocycles. The van der Waals surface area contributed by atoms with Gasteiger partial charge in [-0.1, -0.05) is 12.8 Å². The Morgan fingerprint density at radius 2 is 1.76 bits per heavy atom. The first kappa shape index (κ1) is 11.9. The molecule has 0 amide bonds. The van der Waals surface area contributed by atoms with Gasteiger partial charge in [0, 0.05) is 18.6 Å². The molecule has 4 aliphatic rings. The highest BCUT2D eigenvalue weighted by molar-refractivity contribution is 4.94. The summed E-state index contributed by atoms with van der Waals surface area (Å²) in [5.74, 6) is 1.68. The summed E-state index contributed by atoms with van der Waals surface area (Å²) >= 11 is 0. The SMILES string of the molecule is NCC1CCCCC1NC1CN2CCC1CC2. The van der Waals surface area contributed by atoms with Crippen molar-refractivity contribution in [3.05, 3.63) is 0 Å². The average molecular weight is 237 g/mol. The fourth-order valence-electron chi connectivity index (χ4n) is 4.14. The lowest BCUT2D eigenvalue weighted by Crippen LogP contribution is -2.59. The van der Waals surface area contributed by atoms with E-state index in [1.807, 2.05) is 0 Å². The number of hydrogen-bond donors (Lipinski definition) is 2. The summed E-state index contributed by atoms with van der Waals surface area (Å²) in [6.45, 7) is 4.85. The molecule has 3 heteroatoms. The first-order valence-electron chi connectivity index (χ1n) is 7.55. The number of nitrogens with one attached hydrogen (secondary N) is 1. The second-order valence-electron chi connectivity index (χ2n) is 6.30. The molecule has 3 aliphatic heterocycles. The highest BCUT2D eigenvalue weighted by Gasteiger charge is 2.36. The van der Waals surface area contributed by atoms with Crippen molar-refractivity contribution < 1.29 is 0 Å². The third kappa shape index (κ3) is 2.51. The predicted octanol–water partition coefficient (Wildman–Crippen LogP) is 1.19. The van der Waals surface area contributed by atoms with Gasteiger partial charge in [0.05, 0.1) is 0 Å². The van der Waals surface area contributed by atoms with Gasteiger partial charge >= 0.3 is 0 Å². The fourth-order valence-corrected chi connectivity index (χ4v) is 4.14. The molecule has 3 nitrogen and oxygen atoms in total. The van der Waals surface area contributed by atoms with Gasteiger partial charge in [-0.05, 0) is 57.2 Å². The van der Waals surface area contributed by atoms with Gasteiger partial charge < -0.3 is 16.0 Å². The van der Waals surface area contributed by atoms with Gasteiger partial charge in [0.25, 0.3) is 0 Å². The monoisotopic (exact) mass is 237 g/mol. The van der Waals surface area contributed by atoms with Crippen LogP contribution in [0.5, 0.6) is 0 Å². The van der Waals surface area contributed by atoms with E-state index in [4.69, 9.17) is 5.73 Å². The van der Waals surface area contributed by atoms with Crippen LogP contribution in [0.2, 0.25) is 0 Å². The van der Waals surface area contributed by atoms with Gasteiger partial charge in [0.15, 0.2) is 0 Å². The van der Waals surface area contributed by atoms with Gasteiger partial charge in [-0.25, -0.2) is 0 Å². The van der Waals surface area contributed by atoms with E-state index >= 15 is 0 Å². The molecule has 0 aromatic heterocycles. The van der Waals surface area contributed by atoms with Crippen molar-refractivity contribution in [1.29, 1.82) is 0 Å². The molecule has 3 N–H and O–H groups in total. The normalized spacial score (nSPS) is 46.1. The number of hydrogen-bond acceptors (Lipinski definition) is 3. The van der Waals surface area contributed by atoms with Gasteiger partial charge in [-0.2, -0.15) is 0 Å². The third-order valence-corrected chi connectivity index (χ3v) is 5.30. The Kier molecular flexibility index (Phi) is 3.69. The topological polar surface area (TPSA) is 41.3 Å². The maximum Gasteiger partial charge on any atom is 0.0226 e. The molecule has 1 aliphatic carbocycles. The van der Waals surface area contributed by atoms with E-state index < -0.39 is 0 Å². The van der Waals surface area contributed by atoms with Crippen molar-refractivity contribution in [2.75, 3.05) is 26.2 Å². The van der Waals surface area contributed by atoms with Crippen LogP contribution in [0.1, 0.15) is 38.5 Å². The van der Waals surface area contributed by atoms with Gasteiger partial charge in [0.2, 0.25) is 0 Å². The second-order valence-corrected chi connectivity index (χ2v) is 6.30. The Balaban J connectivity index is 1.58. The van der Waals surface area contributed by atoms with Crippen LogP contribution in [0.3, 0.4) is 0 Å². The lowest BCUT2D eigenvalue weighted by atomic mass is 9.80. The highest BCUT2D eigenvalue weighted by Crippen LogP contribution is 2.30. The lowest BCUT2D eigenvalue weighted by Gasteiger charge is -2.47. The zero-order valence-electron chi connectivity index (χ0n) is 10.9. The Hall–Kier alpha value is -0.120. The van der Waals surface area contributed by atoms with Crippen molar-refractivity contribution in [3.63, 3.8) is 0 Å². The summed E-state index contributed by atoms with van der Waals surface area (Å²) in [5, 5.41) is 3.97. The molecule has 4 rings (SSSR count). The average Bonchev–Trinajstić information content (AvgIpc) is 2.41. The number of nitrogens with two attached hydrogens (primary N) is 1. The van der Waals surface area contributed by atoms with Gasteiger partial charge in [0.1, 0.15) is 0 Å².